The van der Waals surface area contributed by atoms with Gasteiger partial charge in [0.05, 0.1) is 23.6 Å². The van der Waals surface area contributed by atoms with Gasteiger partial charge in [0.15, 0.2) is 0 Å². The van der Waals surface area contributed by atoms with Gasteiger partial charge in [-0.2, -0.15) is 5.10 Å². The maximum atomic E-state index is 10.7. The number of H-pyrrole nitrogens is 1. The van der Waals surface area contributed by atoms with Crippen LogP contribution in [0.4, 0.5) is 0 Å². The average Bonchev–Trinajstić information content (AvgIpc) is 3.17. The molecule has 2 aromatic heterocycles. The molecule has 0 spiro atoms. The number of hydrogen-bond acceptors (Lipinski definition) is 4. The molecule has 3 aromatic rings. The van der Waals surface area contributed by atoms with E-state index in [1.165, 1.54) is 6.42 Å². The molecule has 1 aliphatic rings. The van der Waals surface area contributed by atoms with Gasteiger partial charge in [0.1, 0.15) is 11.3 Å². The van der Waals surface area contributed by atoms with Crippen molar-refractivity contribution in [3.8, 4) is 5.69 Å². The smallest absolute Gasteiger partial charge is 0.115 e. The fourth-order valence-corrected chi connectivity index (χ4v) is 3.07. The van der Waals surface area contributed by atoms with Gasteiger partial charge in [-0.15, -0.1) is 5.10 Å². The van der Waals surface area contributed by atoms with Crippen LogP contribution in [0.1, 0.15) is 37.8 Å². The van der Waals surface area contributed by atoms with Crippen molar-refractivity contribution in [3.05, 3.63) is 36.3 Å². The highest BCUT2D eigenvalue weighted by Gasteiger charge is 2.34. The first-order chi connectivity index (χ1) is 10.2. The van der Waals surface area contributed by atoms with Crippen molar-refractivity contribution in [1.82, 2.24) is 25.2 Å². The molecule has 1 aromatic carbocycles. The van der Waals surface area contributed by atoms with E-state index >= 15 is 0 Å². The standard InChI is InChI=1S/C15H17N5O/c21-15(6-2-1-3-7-15)14-10-20(19-18-14)12-4-5-13-11(8-12)9-16-17-13/h4-5,8-10,21H,1-3,6-7H2,(H,16,17). The van der Waals surface area contributed by atoms with Crippen molar-refractivity contribution in [1.29, 1.82) is 0 Å². The first-order valence-electron chi connectivity index (χ1n) is 7.33. The molecule has 4 rings (SSSR count). The van der Waals surface area contributed by atoms with Gasteiger partial charge in [-0.05, 0) is 31.0 Å². The summed E-state index contributed by atoms with van der Waals surface area (Å²) in [6.07, 6.45) is 8.44. The Kier molecular flexibility index (Phi) is 2.78. The number of nitrogens with zero attached hydrogens (tertiary/aromatic N) is 4. The Labute approximate surface area is 121 Å². The molecular weight excluding hydrogens is 266 g/mol. The van der Waals surface area contributed by atoms with Crippen molar-refractivity contribution in [2.24, 2.45) is 0 Å². The normalized spacial score (nSPS) is 18.1. The van der Waals surface area contributed by atoms with E-state index < -0.39 is 5.60 Å². The molecule has 0 bridgehead atoms. The molecule has 0 radical (unpaired) electrons. The minimum absolute atomic E-state index is 0.675. The second kappa shape index (κ2) is 4.66. The zero-order valence-electron chi connectivity index (χ0n) is 11.7. The van der Waals surface area contributed by atoms with Crippen LogP contribution in [0, 0.1) is 0 Å². The minimum atomic E-state index is -0.809. The predicted molar refractivity (Wildman–Crippen MR) is 78.0 cm³/mol. The second-order valence-electron chi connectivity index (χ2n) is 5.78. The number of hydrogen-bond donors (Lipinski definition) is 2. The number of nitrogens with one attached hydrogen (secondary N) is 1. The van der Waals surface area contributed by atoms with Gasteiger partial charge in [0.25, 0.3) is 0 Å². The van der Waals surface area contributed by atoms with Gasteiger partial charge in [-0.3, -0.25) is 5.10 Å². The largest absolute Gasteiger partial charge is 0.383 e. The van der Waals surface area contributed by atoms with E-state index in [9.17, 15) is 5.11 Å². The van der Waals surface area contributed by atoms with Gasteiger partial charge in [0, 0.05) is 5.39 Å². The monoisotopic (exact) mass is 283 g/mol. The molecule has 6 nitrogen and oxygen atoms in total. The highest BCUT2D eigenvalue weighted by molar-refractivity contribution is 5.80. The molecule has 21 heavy (non-hydrogen) atoms. The van der Waals surface area contributed by atoms with Gasteiger partial charge in [0.2, 0.25) is 0 Å². The molecule has 1 fully saturated rings. The summed E-state index contributed by atoms with van der Waals surface area (Å²) in [7, 11) is 0. The van der Waals surface area contributed by atoms with Crippen molar-refractivity contribution < 1.29 is 5.11 Å². The number of benzene rings is 1. The van der Waals surface area contributed by atoms with Gasteiger partial charge >= 0.3 is 0 Å². The summed E-state index contributed by atoms with van der Waals surface area (Å²) in [5.41, 5.74) is 1.78. The number of rotatable bonds is 2. The molecule has 0 unspecified atom stereocenters. The maximum Gasteiger partial charge on any atom is 0.115 e. The average molecular weight is 283 g/mol. The van der Waals surface area contributed by atoms with E-state index in [4.69, 9.17) is 0 Å². The molecule has 0 saturated heterocycles. The van der Waals surface area contributed by atoms with Crippen molar-refractivity contribution in [3.63, 3.8) is 0 Å². The summed E-state index contributed by atoms with van der Waals surface area (Å²) in [5.74, 6) is 0. The maximum absolute atomic E-state index is 10.7. The fourth-order valence-electron chi connectivity index (χ4n) is 3.07. The van der Waals surface area contributed by atoms with Crippen LogP contribution in [0.3, 0.4) is 0 Å². The van der Waals surface area contributed by atoms with Gasteiger partial charge in [-0.25, -0.2) is 4.68 Å². The zero-order chi connectivity index (χ0) is 14.3. The van der Waals surface area contributed by atoms with Crippen molar-refractivity contribution in [2.75, 3.05) is 0 Å². The predicted octanol–water partition coefficient (Wildman–Crippen LogP) is 2.30. The lowest BCUT2D eigenvalue weighted by atomic mass is 9.83. The Hall–Kier alpha value is -2.21. The fraction of sp³-hybridized carbons (Fsp3) is 0.400. The Morgan fingerprint density at radius 3 is 2.90 bits per heavy atom. The molecule has 1 aliphatic carbocycles. The van der Waals surface area contributed by atoms with Crippen molar-refractivity contribution in [2.45, 2.75) is 37.7 Å². The van der Waals surface area contributed by atoms with E-state index in [0.29, 0.717) is 5.69 Å². The summed E-state index contributed by atoms with van der Waals surface area (Å²) in [5, 5.41) is 27.1. The Balaban J connectivity index is 1.70. The SMILES string of the molecule is OC1(c2cn(-c3ccc4[nH]ncc4c3)nn2)CCCCC1. The van der Waals surface area contributed by atoms with Gasteiger partial charge < -0.3 is 5.11 Å². The minimum Gasteiger partial charge on any atom is -0.383 e. The van der Waals surface area contributed by atoms with E-state index in [1.54, 1.807) is 10.9 Å². The summed E-state index contributed by atoms with van der Waals surface area (Å²) in [6.45, 7) is 0. The van der Waals surface area contributed by atoms with Crippen LogP contribution in [-0.4, -0.2) is 30.3 Å². The number of fused-ring (bicyclic) bond motifs is 1. The summed E-state index contributed by atoms with van der Waals surface area (Å²) < 4.78 is 1.72. The van der Waals surface area contributed by atoms with E-state index in [2.05, 4.69) is 20.5 Å². The highest BCUT2D eigenvalue weighted by atomic mass is 16.3. The third-order valence-corrected chi connectivity index (χ3v) is 4.34. The number of aliphatic hydroxyl groups is 1. The molecule has 2 N–H and O–H groups in total. The lowest BCUT2D eigenvalue weighted by Gasteiger charge is -2.29. The Morgan fingerprint density at radius 1 is 1.19 bits per heavy atom. The summed E-state index contributed by atoms with van der Waals surface area (Å²) in [6, 6.07) is 5.93. The van der Waals surface area contributed by atoms with E-state index in [1.807, 2.05) is 24.4 Å². The number of aromatic amines is 1. The van der Waals surface area contributed by atoms with Crippen LogP contribution in [0.15, 0.2) is 30.6 Å². The topological polar surface area (TPSA) is 79.6 Å². The number of aromatic nitrogens is 5. The zero-order valence-corrected chi connectivity index (χ0v) is 11.7. The molecule has 0 aliphatic heterocycles. The Bertz CT molecular complexity index is 769. The van der Waals surface area contributed by atoms with E-state index in [-0.39, 0.29) is 0 Å². The van der Waals surface area contributed by atoms with Crippen LogP contribution in [-0.2, 0) is 5.60 Å². The molecular formula is C15H17N5O. The van der Waals surface area contributed by atoms with Gasteiger partial charge in [-0.1, -0.05) is 24.5 Å². The van der Waals surface area contributed by atoms with Crippen LogP contribution in [0.5, 0.6) is 0 Å². The first kappa shape index (κ1) is 12.5. The highest BCUT2D eigenvalue weighted by Crippen LogP contribution is 2.35. The quantitative estimate of drug-likeness (QED) is 0.756. The molecule has 0 atom stereocenters. The van der Waals surface area contributed by atoms with Crippen molar-refractivity contribution >= 4 is 10.9 Å². The summed E-state index contributed by atoms with van der Waals surface area (Å²) in [4.78, 5) is 0. The van der Waals surface area contributed by atoms with E-state index in [0.717, 1.165) is 42.3 Å². The molecule has 0 amide bonds. The van der Waals surface area contributed by atoms with Crippen LogP contribution < -0.4 is 0 Å². The Morgan fingerprint density at radius 2 is 2.05 bits per heavy atom. The first-order valence-corrected chi connectivity index (χ1v) is 7.33. The van der Waals surface area contributed by atoms with Crippen LogP contribution in [0.25, 0.3) is 16.6 Å². The lowest BCUT2D eigenvalue weighted by molar-refractivity contribution is -0.00472. The molecule has 108 valence electrons. The third kappa shape index (κ3) is 2.12. The second-order valence-corrected chi connectivity index (χ2v) is 5.78. The van der Waals surface area contributed by atoms with Crippen LogP contribution in [0.2, 0.25) is 0 Å². The molecule has 2 heterocycles. The lowest BCUT2D eigenvalue weighted by Crippen LogP contribution is -2.28. The van der Waals surface area contributed by atoms with Crippen LogP contribution >= 0.6 is 0 Å². The summed E-state index contributed by atoms with van der Waals surface area (Å²) >= 11 is 0. The molecule has 6 heteroatoms. The molecule has 1 saturated carbocycles. The third-order valence-electron chi connectivity index (χ3n) is 4.34.